The van der Waals surface area contributed by atoms with Gasteiger partial charge in [0.2, 0.25) is 0 Å². The maximum absolute atomic E-state index is 4.08. The van der Waals surface area contributed by atoms with Gasteiger partial charge in [0.05, 0.1) is 11.9 Å². The zero-order valence-corrected chi connectivity index (χ0v) is 9.89. The molecular weight excluding hydrogens is 218 g/mol. The second-order valence-corrected chi connectivity index (χ2v) is 4.36. The van der Waals surface area contributed by atoms with Crippen molar-refractivity contribution < 1.29 is 0 Å². The van der Waals surface area contributed by atoms with Crippen LogP contribution < -0.4 is 0 Å². The molecule has 1 heterocycles. The van der Waals surface area contributed by atoms with Crippen molar-refractivity contribution >= 4 is 17.8 Å². The van der Waals surface area contributed by atoms with Gasteiger partial charge >= 0.3 is 0 Å². The van der Waals surface area contributed by atoms with Gasteiger partial charge in [-0.15, -0.1) is 16.9 Å². The van der Waals surface area contributed by atoms with Crippen molar-refractivity contribution in [1.82, 2.24) is 15.0 Å². The highest BCUT2D eigenvalue weighted by atomic mass is 32.2. The molecule has 16 heavy (non-hydrogen) atoms. The first kappa shape index (κ1) is 11.0. The van der Waals surface area contributed by atoms with Crippen LogP contribution in [0.2, 0.25) is 0 Å². The predicted octanol–water partition coefficient (Wildman–Crippen LogP) is 2.99. The van der Waals surface area contributed by atoms with Crippen molar-refractivity contribution in [2.75, 3.05) is 5.75 Å². The van der Waals surface area contributed by atoms with E-state index in [4.69, 9.17) is 0 Å². The van der Waals surface area contributed by atoms with Crippen LogP contribution in [0, 0.1) is 0 Å². The summed E-state index contributed by atoms with van der Waals surface area (Å²) >= 11 is 1.75. The van der Waals surface area contributed by atoms with E-state index in [1.54, 1.807) is 16.4 Å². The molecule has 82 valence electrons. The summed E-state index contributed by atoms with van der Waals surface area (Å²) in [5.74, 6) is 1.07. The maximum Gasteiger partial charge on any atom is 0.106 e. The van der Waals surface area contributed by atoms with Gasteiger partial charge in [-0.3, -0.25) is 0 Å². The van der Waals surface area contributed by atoms with Crippen LogP contribution in [-0.2, 0) is 0 Å². The third-order valence-corrected chi connectivity index (χ3v) is 2.70. The Morgan fingerprint density at radius 2 is 2.12 bits per heavy atom. The maximum atomic E-state index is 4.08. The van der Waals surface area contributed by atoms with E-state index in [9.17, 15) is 0 Å². The van der Waals surface area contributed by atoms with Crippen LogP contribution in [0.1, 0.15) is 12.6 Å². The molecule has 0 N–H and O–H groups in total. The van der Waals surface area contributed by atoms with Crippen LogP contribution in [0.5, 0.6) is 0 Å². The SMILES string of the molecule is CCS/C=C/c1cn(-c2ccccc2)nn1. The van der Waals surface area contributed by atoms with E-state index in [0.717, 1.165) is 17.1 Å². The Labute approximate surface area is 99.2 Å². The van der Waals surface area contributed by atoms with Gasteiger partial charge < -0.3 is 0 Å². The summed E-state index contributed by atoms with van der Waals surface area (Å²) in [5.41, 5.74) is 1.91. The predicted molar refractivity (Wildman–Crippen MR) is 68.5 cm³/mol. The van der Waals surface area contributed by atoms with E-state index in [-0.39, 0.29) is 0 Å². The van der Waals surface area contributed by atoms with Gasteiger partial charge in [-0.25, -0.2) is 4.68 Å². The molecule has 0 atom stereocenters. The van der Waals surface area contributed by atoms with E-state index in [1.807, 2.05) is 48.0 Å². The van der Waals surface area contributed by atoms with E-state index in [2.05, 4.69) is 17.2 Å². The highest BCUT2D eigenvalue weighted by Gasteiger charge is 1.98. The number of para-hydroxylation sites is 1. The van der Waals surface area contributed by atoms with Crippen LogP contribution in [0.25, 0.3) is 11.8 Å². The summed E-state index contributed by atoms with van der Waals surface area (Å²) in [6.45, 7) is 2.12. The lowest BCUT2D eigenvalue weighted by Gasteiger charge is -1.96. The smallest absolute Gasteiger partial charge is 0.106 e. The van der Waals surface area contributed by atoms with Gasteiger partial charge in [0.15, 0.2) is 0 Å². The lowest BCUT2D eigenvalue weighted by molar-refractivity contribution is 0.802. The number of thioether (sulfide) groups is 1. The van der Waals surface area contributed by atoms with Crippen molar-refractivity contribution in [3.63, 3.8) is 0 Å². The van der Waals surface area contributed by atoms with Crippen molar-refractivity contribution in [1.29, 1.82) is 0 Å². The second-order valence-electron chi connectivity index (χ2n) is 3.18. The zero-order chi connectivity index (χ0) is 11.2. The molecule has 0 unspecified atom stereocenters. The van der Waals surface area contributed by atoms with Crippen molar-refractivity contribution in [3.8, 4) is 5.69 Å². The van der Waals surface area contributed by atoms with Crippen LogP contribution in [-0.4, -0.2) is 20.7 Å². The molecule has 0 saturated heterocycles. The molecule has 0 bridgehead atoms. The normalized spacial score (nSPS) is 11.1. The highest BCUT2D eigenvalue weighted by Crippen LogP contribution is 2.08. The second kappa shape index (κ2) is 5.51. The molecule has 1 aromatic carbocycles. The fraction of sp³-hybridized carbons (Fsp3) is 0.167. The Hall–Kier alpha value is -1.55. The fourth-order valence-corrected chi connectivity index (χ4v) is 1.70. The zero-order valence-electron chi connectivity index (χ0n) is 9.08. The summed E-state index contributed by atoms with van der Waals surface area (Å²) in [4.78, 5) is 0. The van der Waals surface area contributed by atoms with Crippen LogP contribution in [0.4, 0.5) is 0 Å². The molecule has 0 radical (unpaired) electrons. The first-order valence-electron chi connectivity index (χ1n) is 5.16. The lowest BCUT2D eigenvalue weighted by atomic mass is 10.3. The number of hydrogen-bond acceptors (Lipinski definition) is 3. The summed E-state index contributed by atoms with van der Waals surface area (Å²) in [5, 5.41) is 10.2. The molecule has 0 aliphatic carbocycles. The average molecular weight is 231 g/mol. The lowest BCUT2D eigenvalue weighted by Crippen LogP contribution is -1.93. The molecule has 4 heteroatoms. The number of rotatable bonds is 4. The molecule has 2 aromatic rings. The minimum Gasteiger partial charge on any atom is -0.220 e. The van der Waals surface area contributed by atoms with E-state index >= 15 is 0 Å². The van der Waals surface area contributed by atoms with E-state index in [0.29, 0.717) is 0 Å². The molecule has 2 rings (SSSR count). The minimum absolute atomic E-state index is 0.879. The average Bonchev–Trinajstić information content (AvgIpc) is 2.79. The van der Waals surface area contributed by atoms with Gasteiger partial charge in [-0.2, -0.15) is 0 Å². The number of nitrogens with zero attached hydrogens (tertiary/aromatic N) is 3. The van der Waals surface area contributed by atoms with Crippen molar-refractivity contribution in [2.45, 2.75) is 6.92 Å². The standard InChI is InChI=1S/C12H13N3S/c1-2-16-9-8-11-10-15(14-13-11)12-6-4-3-5-7-12/h3-10H,2H2,1H3/b9-8+. The Morgan fingerprint density at radius 1 is 1.31 bits per heavy atom. The third-order valence-electron chi connectivity index (χ3n) is 2.03. The Bertz CT molecular complexity index is 462. The quantitative estimate of drug-likeness (QED) is 0.810. The van der Waals surface area contributed by atoms with Gasteiger partial charge in [0.1, 0.15) is 5.69 Å². The molecular formula is C12H13N3S. The molecule has 0 saturated carbocycles. The number of benzene rings is 1. The molecule has 0 aliphatic heterocycles. The van der Waals surface area contributed by atoms with E-state index < -0.39 is 0 Å². The third kappa shape index (κ3) is 2.73. The van der Waals surface area contributed by atoms with Gasteiger partial charge in [0.25, 0.3) is 0 Å². The topological polar surface area (TPSA) is 30.7 Å². The first-order valence-corrected chi connectivity index (χ1v) is 6.21. The van der Waals surface area contributed by atoms with Crippen LogP contribution >= 0.6 is 11.8 Å². The Kier molecular flexibility index (Phi) is 3.77. The fourth-order valence-electron chi connectivity index (χ4n) is 1.27. The van der Waals surface area contributed by atoms with Gasteiger partial charge in [-0.05, 0) is 29.4 Å². The summed E-state index contributed by atoms with van der Waals surface area (Å²) in [6, 6.07) is 9.96. The number of hydrogen-bond donors (Lipinski definition) is 0. The van der Waals surface area contributed by atoms with E-state index in [1.165, 1.54) is 0 Å². The monoisotopic (exact) mass is 231 g/mol. The van der Waals surface area contributed by atoms with Crippen molar-refractivity contribution in [2.24, 2.45) is 0 Å². The Balaban J connectivity index is 2.14. The first-order chi connectivity index (χ1) is 7.90. The van der Waals surface area contributed by atoms with Crippen LogP contribution in [0.3, 0.4) is 0 Å². The molecule has 0 fully saturated rings. The molecule has 0 amide bonds. The summed E-state index contributed by atoms with van der Waals surface area (Å²) < 4.78 is 1.77. The molecule has 3 nitrogen and oxygen atoms in total. The minimum atomic E-state index is 0.879. The largest absolute Gasteiger partial charge is 0.220 e. The van der Waals surface area contributed by atoms with Crippen molar-refractivity contribution in [3.05, 3.63) is 47.6 Å². The van der Waals surface area contributed by atoms with Gasteiger partial charge in [-0.1, -0.05) is 30.3 Å². The summed E-state index contributed by atoms with van der Waals surface area (Å²) in [6.07, 6.45) is 3.89. The van der Waals surface area contributed by atoms with Crippen LogP contribution in [0.15, 0.2) is 41.9 Å². The Morgan fingerprint density at radius 3 is 2.88 bits per heavy atom. The summed E-state index contributed by atoms with van der Waals surface area (Å²) in [7, 11) is 0. The molecule has 0 spiro atoms. The highest BCUT2D eigenvalue weighted by molar-refractivity contribution is 8.02. The van der Waals surface area contributed by atoms with Gasteiger partial charge in [0, 0.05) is 0 Å². The molecule has 0 aliphatic rings. The molecule has 1 aromatic heterocycles. The number of aromatic nitrogens is 3.